The summed E-state index contributed by atoms with van der Waals surface area (Å²) < 4.78 is 5.75. The van der Waals surface area contributed by atoms with Gasteiger partial charge in [0.05, 0.1) is 6.61 Å². The maximum atomic E-state index is 5.75. The number of anilines is 1. The Bertz CT molecular complexity index is 348. The molecule has 0 atom stereocenters. The second kappa shape index (κ2) is 5.92. The lowest BCUT2D eigenvalue weighted by atomic mass is 9.90. The molecular weight excluding hydrogens is 212 g/mol. The largest absolute Gasteiger partial charge is 0.493 e. The van der Waals surface area contributed by atoms with E-state index in [2.05, 4.69) is 30.9 Å². The summed E-state index contributed by atoms with van der Waals surface area (Å²) in [5.41, 5.74) is 6.99. The van der Waals surface area contributed by atoms with Crippen LogP contribution < -0.4 is 15.4 Å². The average molecular weight is 236 g/mol. The molecule has 0 aromatic heterocycles. The first-order chi connectivity index (χ1) is 7.94. The van der Waals surface area contributed by atoms with E-state index in [1.165, 1.54) is 0 Å². The third-order valence-corrected chi connectivity index (χ3v) is 2.93. The van der Waals surface area contributed by atoms with E-state index in [4.69, 9.17) is 10.5 Å². The molecule has 1 aromatic rings. The minimum Gasteiger partial charge on any atom is -0.493 e. The van der Waals surface area contributed by atoms with Gasteiger partial charge in [-0.05, 0) is 30.5 Å². The van der Waals surface area contributed by atoms with Crippen LogP contribution in [0.2, 0.25) is 0 Å². The molecule has 0 fully saturated rings. The predicted molar refractivity (Wildman–Crippen MR) is 73.7 cm³/mol. The summed E-state index contributed by atoms with van der Waals surface area (Å²) in [7, 11) is 4.05. The Kier molecular flexibility index (Phi) is 4.82. The molecule has 0 unspecified atom stereocenters. The number of hydrogen-bond acceptors (Lipinski definition) is 3. The van der Waals surface area contributed by atoms with Crippen LogP contribution in [0.4, 0.5) is 5.69 Å². The van der Waals surface area contributed by atoms with Crippen LogP contribution in [0.25, 0.3) is 0 Å². The number of hydrogen-bond donors (Lipinski definition) is 1. The first kappa shape index (κ1) is 13.8. The van der Waals surface area contributed by atoms with Crippen molar-refractivity contribution in [2.24, 2.45) is 11.1 Å². The van der Waals surface area contributed by atoms with Crippen molar-refractivity contribution >= 4 is 5.69 Å². The molecule has 0 aliphatic rings. The molecule has 3 nitrogen and oxygen atoms in total. The zero-order chi connectivity index (χ0) is 12.9. The molecule has 96 valence electrons. The number of ether oxygens (including phenoxy) is 1. The molecule has 0 aliphatic heterocycles. The van der Waals surface area contributed by atoms with Crippen molar-refractivity contribution in [1.82, 2.24) is 0 Å². The molecule has 3 heteroatoms. The van der Waals surface area contributed by atoms with Crippen molar-refractivity contribution in [2.45, 2.75) is 20.3 Å². The summed E-state index contributed by atoms with van der Waals surface area (Å²) >= 11 is 0. The van der Waals surface area contributed by atoms with Crippen molar-refractivity contribution in [3.63, 3.8) is 0 Å². The summed E-state index contributed by atoms with van der Waals surface area (Å²) in [6.45, 7) is 5.72. The van der Waals surface area contributed by atoms with Gasteiger partial charge in [0.1, 0.15) is 5.75 Å². The standard InChI is InChI=1S/C14H24N2O/c1-14(2,11-15)8-9-17-13-7-5-6-12(10-13)16(3)4/h5-7,10H,8-9,11,15H2,1-4H3. The zero-order valence-electron chi connectivity index (χ0n) is 11.4. The minimum absolute atomic E-state index is 0.152. The van der Waals surface area contributed by atoms with E-state index in [1.807, 2.05) is 26.2 Å². The van der Waals surface area contributed by atoms with Gasteiger partial charge in [0.25, 0.3) is 0 Å². The second-order valence-corrected chi connectivity index (χ2v) is 5.36. The van der Waals surface area contributed by atoms with Crippen molar-refractivity contribution in [3.05, 3.63) is 24.3 Å². The van der Waals surface area contributed by atoms with E-state index in [9.17, 15) is 0 Å². The van der Waals surface area contributed by atoms with E-state index in [0.717, 1.165) is 17.9 Å². The predicted octanol–water partition coefficient (Wildman–Crippen LogP) is 2.51. The smallest absolute Gasteiger partial charge is 0.121 e. The van der Waals surface area contributed by atoms with Gasteiger partial charge in [-0.2, -0.15) is 0 Å². The van der Waals surface area contributed by atoms with Crippen molar-refractivity contribution in [3.8, 4) is 5.75 Å². The van der Waals surface area contributed by atoms with E-state index in [0.29, 0.717) is 13.2 Å². The molecule has 0 aliphatic carbocycles. The average Bonchev–Trinajstić information content (AvgIpc) is 2.29. The molecule has 0 saturated heterocycles. The third-order valence-electron chi connectivity index (χ3n) is 2.93. The molecule has 0 radical (unpaired) electrons. The van der Waals surface area contributed by atoms with Crippen LogP contribution in [0, 0.1) is 5.41 Å². The van der Waals surface area contributed by atoms with Gasteiger partial charge < -0.3 is 15.4 Å². The van der Waals surface area contributed by atoms with Crippen LogP contribution in [-0.2, 0) is 0 Å². The van der Waals surface area contributed by atoms with Gasteiger partial charge in [-0.3, -0.25) is 0 Å². The first-order valence-electron chi connectivity index (χ1n) is 6.05. The molecule has 1 aromatic carbocycles. The van der Waals surface area contributed by atoms with Crippen LogP contribution in [-0.4, -0.2) is 27.2 Å². The Labute approximate surface area is 105 Å². The van der Waals surface area contributed by atoms with E-state index in [1.54, 1.807) is 0 Å². The Morgan fingerprint density at radius 2 is 2.00 bits per heavy atom. The topological polar surface area (TPSA) is 38.5 Å². The third kappa shape index (κ3) is 4.65. The lowest BCUT2D eigenvalue weighted by Gasteiger charge is -2.22. The summed E-state index contributed by atoms with van der Waals surface area (Å²) in [5.74, 6) is 0.920. The molecule has 0 bridgehead atoms. The van der Waals surface area contributed by atoms with E-state index in [-0.39, 0.29) is 5.41 Å². The highest BCUT2D eigenvalue weighted by atomic mass is 16.5. The lowest BCUT2D eigenvalue weighted by molar-refractivity contribution is 0.233. The second-order valence-electron chi connectivity index (χ2n) is 5.36. The maximum absolute atomic E-state index is 5.75. The number of benzene rings is 1. The Morgan fingerprint density at radius 1 is 1.29 bits per heavy atom. The van der Waals surface area contributed by atoms with Crippen LogP contribution in [0.15, 0.2) is 24.3 Å². The van der Waals surface area contributed by atoms with Gasteiger partial charge in [-0.25, -0.2) is 0 Å². The zero-order valence-corrected chi connectivity index (χ0v) is 11.4. The number of rotatable bonds is 6. The van der Waals surface area contributed by atoms with Gasteiger partial charge >= 0.3 is 0 Å². The fourth-order valence-electron chi connectivity index (χ4n) is 1.40. The highest BCUT2D eigenvalue weighted by Gasteiger charge is 2.15. The lowest BCUT2D eigenvalue weighted by Crippen LogP contribution is -2.25. The molecule has 0 saturated carbocycles. The van der Waals surface area contributed by atoms with Crippen LogP contribution >= 0.6 is 0 Å². The molecular formula is C14H24N2O. The van der Waals surface area contributed by atoms with Crippen LogP contribution in [0.1, 0.15) is 20.3 Å². The molecule has 0 spiro atoms. The van der Waals surface area contributed by atoms with Crippen molar-refractivity contribution in [1.29, 1.82) is 0 Å². The fraction of sp³-hybridized carbons (Fsp3) is 0.571. The van der Waals surface area contributed by atoms with Gasteiger partial charge in [-0.1, -0.05) is 19.9 Å². The number of nitrogens with two attached hydrogens (primary N) is 1. The SMILES string of the molecule is CN(C)c1cccc(OCCC(C)(C)CN)c1. The summed E-state index contributed by atoms with van der Waals surface area (Å²) in [4.78, 5) is 2.07. The molecule has 17 heavy (non-hydrogen) atoms. The molecule has 1 rings (SSSR count). The van der Waals surface area contributed by atoms with Gasteiger partial charge in [0, 0.05) is 25.8 Å². The summed E-state index contributed by atoms with van der Waals surface area (Å²) in [6.07, 6.45) is 0.968. The van der Waals surface area contributed by atoms with Crippen molar-refractivity contribution < 1.29 is 4.74 Å². The minimum atomic E-state index is 0.152. The molecule has 2 N–H and O–H groups in total. The quantitative estimate of drug-likeness (QED) is 0.824. The fourth-order valence-corrected chi connectivity index (χ4v) is 1.40. The van der Waals surface area contributed by atoms with E-state index < -0.39 is 0 Å². The van der Waals surface area contributed by atoms with Gasteiger partial charge in [0.15, 0.2) is 0 Å². The van der Waals surface area contributed by atoms with Crippen LogP contribution in [0.5, 0.6) is 5.75 Å². The highest BCUT2D eigenvalue weighted by molar-refractivity contribution is 5.49. The Balaban J connectivity index is 2.50. The molecule has 0 amide bonds. The normalized spacial score (nSPS) is 11.4. The molecule has 0 heterocycles. The van der Waals surface area contributed by atoms with Crippen molar-refractivity contribution in [2.75, 3.05) is 32.1 Å². The number of nitrogens with zero attached hydrogens (tertiary/aromatic N) is 1. The maximum Gasteiger partial charge on any atom is 0.121 e. The van der Waals surface area contributed by atoms with Gasteiger partial charge in [0.2, 0.25) is 0 Å². The van der Waals surface area contributed by atoms with Crippen LogP contribution in [0.3, 0.4) is 0 Å². The highest BCUT2D eigenvalue weighted by Crippen LogP contribution is 2.22. The van der Waals surface area contributed by atoms with E-state index >= 15 is 0 Å². The monoisotopic (exact) mass is 236 g/mol. The summed E-state index contributed by atoms with van der Waals surface area (Å²) in [5, 5.41) is 0. The Hall–Kier alpha value is -1.22. The van der Waals surface area contributed by atoms with Gasteiger partial charge in [-0.15, -0.1) is 0 Å². The summed E-state index contributed by atoms with van der Waals surface area (Å²) in [6, 6.07) is 8.12. The Morgan fingerprint density at radius 3 is 2.59 bits per heavy atom. The first-order valence-corrected chi connectivity index (χ1v) is 6.05.